The topological polar surface area (TPSA) is 89.4 Å². The van der Waals surface area contributed by atoms with E-state index < -0.39 is 5.54 Å². The molecule has 0 saturated carbocycles. The van der Waals surface area contributed by atoms with Gasteiger partial charge in [0, 0.05) is 5.92 Å². The van der Waals surface area contributed by atoms with Gasteiger partial charge in [-0.25, -0.2) is 0 Å². The average Bonchev–Trinajstić information content (AvgIpc) is 2.17. The maximum absolute atomic E-state index is 11.2. The molecule has 1 heterocycles. The number of amides is 2. The highest BCUT2D eigenvalue weighted by atomic mass is 16.2. The largest absolute Gasteiger partial charge is 0.369 e. The number of likely N-dealkylation sites (tertiary alicyclic amines) is 1. The van der Waals surface area contributed by atoms with Crippen LogP contribution in [0.2, 0.25) is 0 Å². The number of piperidine rings is 1. The molecule has 0 aromatic carbocycles. The number of hydrogen-bond donors (Lipinski definition) is 2. The van der Waals surface area contributed by atoms with Crippen LogP contribution in [0.4, 0.5) is 0 Å². The minimum atomic E-state index is -0.636. The van der Waals surface area contributed by atoms with Gasteiger partial charge in [-0.05, 0) is 39.8 Å². The minimum Gasteiger partial charge on any atom is -0.369 e. The number of primary amides is 2. The predicted molar refractivity (Wildman–Crippen MR) is 56.8 cm³/mol. The molecule has 0 spiro atoms. The molecule has 0 bridgehead atoms. The van der Waals surface area contributed by atoms with Gasteiger partial charge in [0.25, 0.3) is 0 Å². The van der Waals surface area contributed by atoms with Gasteiger partial charge in [0.1, 0.15) is 0 Å². The minimum absolute atomic E-state index is 0.0510. The molecular weight excluding hydrogens is 194 g/mol. The van der Waals surface area contributed by atoms with Crippen LogP contribution >= 0.6 is 0 Å². The van der Waals surface area contributed by atoms with Crippen LogP contribution in [0.15, 0.2) is 0 Å². The second-order valence-electron chi connectivity index (χ2n) is 4.59. The van der Waals surface area contributed by atoms with E-state index in [4.69, 9.17) is 11.5 Å². The molecule has 4 N–H and O–H groups in total. The Bertz CT molecular complexity index is 268. The van der Waals surface area contributed by atoms with Crippen molar-refractivity contribution in [2.45, 2.75) is 32.2 Å². The van der Waals surface area contributed by atoms with Gasteiger partial charge in [-0.2, -0.15) is 0 Å². The van der Waals surface area contributed by atoms with Crippen molar-refractivity contribution < 1.29 is 9.59 Å². The number of nitrogens with zero attached hydrogens (tertiary/aromatic N) is 1. The lowest BCUT2D eigenvalue weighted by Crippen LogP contribution is -2.56. The van der Waals surface area contributed by atoms with Crippen molar-refractivity contribution >= 4 is 11.8 Å². The van der Waals surface area contributed by atoms with E-state index in [2.05, 4.69) is 0 Å². The Morgan fingerprint density at radius 3 is 2.00 bits per heavy atom. The number of hydrogen-bond acceptors (Lipinski definition) is 3. The zero-order valence-electron chi connectivity index (χ0n) is 9.32. The van der Waals surface area contributed by atoms with Crippen LogP contribution in [0.5, 0.6) is 0 Å². The van der Waals surface area contributed by atoms with Crippen molar-refractivity contribution in [3.05, 3.63) is 0 Å². The van der Waals surface area contributed by atoms with E-state index in [9.17, 15) is 9.59 Å². The molecule has 2 amide bonds. The number of rotatable bonds is 3. The summed E-state index contributed by atoms with van der Waals surface area (Å²) in [4.78, 5) is 24.2. The van der Waals surface area contributed by atoms with Gasteiger partial charge in [0.15, 0.2) is 0 Å². The van der Waals surface area contributed by atoms with Crippen LogP contribution in [-0.4, -0.2) is 35.3 Å². The first-order valence-corrected chi connectivity index (χ1v) is 5.20. The van der Waals surface area contributed by atoms with Gasteiger partial charge in [-0.1, -0.05) is 0 Å². The van der Waals surface area contributed by atoms with Crippen molar-refractivity contribution in [1.29, 1.82) is 0 Å². The molecule has 1 rings (SSSR count). The van der Waals surface area contributed by atoms with E-state index in [0.29, 0.717) is 25.9 Å². The molecule has 5 heteroatoms. The van der Waals surface area contributed by atoms with E-state index in [1.807, 2.05) is 4.90 Å². The highest BCUT2D eigenvalue weighted by Crippen LogP contribution is 2.23. The molecule has 15 heavy (non-hydrogen) atoms. The summed E-state index contributed by atoms with van der Waals surface area (Å²) in [6, 6.07) is 0. The summed E-state index contributed by atoms with van der Waals surface area (Å²) in [6.45, 7) is 5.01. The van der Waals surface area contributed by atoms with Crippen molar-refractivity contribution in [2.24, 2.45) is 17.4 Å². The molecule has 0 radical (unpaired) electrons. The van der Waals surface area contributed by atoms with Gasteiger partial charge >= 0.3 is 0 Å². The normalized spacial score (nSPS) is 20.1. The zero-order valence-corrected chi connectivity index (χ0v) is 9.32. The molecule has 86 valence electrons. The monoisotopic (exact) mass is 213 g/mol. The first kappa shape index (κ1) is 12.0. The highest BCUT2D eigenvalue weighted by molar-refractivity contribution is 5.83. The molecule has 0 aromatic rings. The fourth-order valence-corrected chi connectivity index (χ4v) is 1.88. The summed E-state index contributed by atoms with van der Waals surface area (Å²) in [5.41, 5.74) is 9.92. The molecule has 0 aliphatic carbocycles. The SMILES string of the molecule is CC(C)(C(N)=O)N1CCC(C(N)=O)CC1. The molecule has 1 aliphatic heterocycles. The molecule has 0 aromatic heterocycles. The number of carbonyl (C=O) groups excluding carboxylic acids is 2. The van der Waals surface area contributed by atoms with E-state index in [1.165, 1.54) is 0 Å². The third kappa shape index (κ3) is 2.47. The van der Waals surface area contributed by atoms with E-state index >= 15 is 0 Å². The van der Waals surface area contributed by atoms with Gasteiger partial charge in [-0.15, -0.1) is 0 Å². The first-order valence-electron chi connectivity index (χ1n) is 5.20. The molecule has 0 unspecified atom stereocenters. The summed E-state index contributed by atoms with van der Waals surface area (Å²) in [6.07, 6.45) is 1.43. The molecular formula is C10H19N3O2. The number of carbonyl (C=O) groups is 2. The summed E-state index contributed by atoms with van der Waals surface area (Å²) >= 11 is 0. The molecule has 1 fully saturated rings. The van der Waals surface area contributed by atoms with E-state index in [1.54, 1.807) is 13.8 Å². The number of nitrogens with two attached hydrogens (primary N) is 2. The average molecular weight is 213 g/mol. The van der Waals surface area contributed by atoms with Crippen molar-refractivity contribution in [3.8, 4) is 0 Å². The maximum atomic E-state index is 11.2. The smallest absolute Gasteiger partial charge is 0.237 e. The van der Waals surface area contributed by atoms with Gasteiger partial charge in [0.05, 0.1) is 5.54 Å². The van der Waals surface area contributed by atoms with Crippen LogP contribution in [0.1, 0.15) is 26.7 Å². The lowest BCUT2D eigenvalue weighted by atomic mass is 9.91. The summed E-state index contributed by atoms with van der Waals surface area (Å²) in [5, 5.41) is 0. The Labute approximate surface area is 89.8 Å². The second-order valence-corrected chi connectivity index (χ2v) is 4.59. The first-order chi connectivity index (χ1) is 6.85. The lowest BCUT2D eigenvalue weighted by molar-refractivity contribution is -0.130. The quantitative estimate of drug-likeness (QED) is 0.659. The van der Waals surface area contributed by atoms with Crippen LogP contribution < -0.4 is 11.5 Å². The Kier molecular flexibility index (Phi) is 3.34. The van der Waals surface area contributed by atoms with Gasteiger partial charge in [0.2, 0.25) is 11.8 Å². The van der Waals surface area contributed by atoms with E-state index in [-0.39, 0.29) is 17.7 Å². The Balaban J connectivity index is 2.57. The van der Waals surface area contributed by atoms with E-state index in [0.717, 1.165) is 0 Å². The molecule has 0 atom stereocenters. The fourth-order valence-electron chi connectivity index (χ4n) is 1.88. The van der Waals surface area contributed by atoms with Crippen LogP contribution in [0.25, 0.3) is 0 Å². The Morgan fingerprint density at radius 1 is 1.20 bits per heavy atom. The third-order valence-corrected chi connectivity index (χ3v) is 3.29. The summed E-state index contributed by atoms with van der Waals surface area (Å²) in [5.74, 6) is -0.628. The summed E-state index contributed by atoms with van der Waals surface area (Å²) in [7, 11) is 0. The highest BCUT2D eigenvalue weighted by Gasteiger charge is 2.36. The zero-order chi connectivity index (χ0) is 11.6. The predicted octanol–water partition coefficient (Wildman–Crippen LogP) is -0.552. The molecule has 1 aliphatic rings. The Morgan fingerprint density at radius 2 is 1.67 bits per heavy atom. The van der Waals surface area contributed by atoms with Crippen molar-refractivity contribution in [2.75, 3.05) is 13.1 Å². The van der Waals surface area contributed by atoms with Crippen molar-refractivity contribution in [3.63, 3.8) is 0 Å². The standard InChI is InChI=1S/C10H19N3O2/c1-10(2,9(12)15)13-5-3-7(4-6-13)8(11)14/h7H,3-6H2,1-2H3,(H2,11,14)(H2,12,15). The van der Waals surface area contributed by atoms with Crippen LogP contribution in [0.3, 0.4) is 0 Å². The third-order valence-electron chi connectivity index (χ3n) is 3.29. The molecule has 1 saturated heterocycles. The lowest BCUT2D eigenvalue weighted by Gasteiger charge is -2.40. The van der Waals surface area contributed by atoms with Gasteiger partial charge < -0.3 is 11.5 Å². The molecule has 5 nitrogen and oxygen atoms in total. The van der Waals surface area contributed by atoms with Crippen LogP contribution in [-0.2, 0) is 9.59 Å². The second kappa shape index (κ2) is 4.18. The Hall–Kier alpha value is -1.10. The maximum Gasteiger partial charge on any atom is 0.237 e. The van der Waals surface area contributed by atoms with Crippen LogP contribution in [0, 0.1) is 5.92 Å². The summed E-state index contributed by atoms with van der Waals surface area (Å²) < 4.78 is 0. The van der Waals surface area contributed by atoms with Gasteiger partial charge in [-0.3, -0.25) is 14.5 Å². The fraction of sp³-hybridized carbons (Fsp3) is 0.800. The van der Waals surface area contributed by atoms with Crippen molar-refractivity contribution in [1.82, 2.24) is 4.90 Å².